The van der Waals surface area contributed by atoms with Crippen LogP contribution in [0.15, 0.2) is 18.7 Å². The summed E-state index contributed by atoms with van der Waals surface area (Å²) in [5, 5.41) is 12.6. The van der Waals surface area contributed by atoms with Crippen molar-refractivity contribution in [1.29, 1.82) is 0 Å². The van der Waals surface area contributed by atoms with Crippen LogP contribution in [0.25, 0.3) is 0 Å². The van der Waals surface area contributed by atoms with Crippen LogP contribution in [0.5, 0.6) is 0 Å². The van der Waals surface area contributed by atoms with Crippen molar-refractivity contribution in [2.24, 2.45) is 11.3 Å². The molecule has 20 heavy (non-hydrogen) atoms. The molecule has 2 saturated carbocycles. The lowest BCUT2D eigenvalue weighted by molar-refractivity contribution is -0.128. The third-order valence-corrected chi connectivity index (χ3v) is 4.85. The molecule has 5 heteroatoms. The van der Waals surface area contributed by atoms with Gasteiger partial charge in [-0.3, -0.25) is 4.79 Å². The van der Waals surface area contributed by atoms with Gasteiger partial charge in [0.15, 0.2) is 0 Å². The van der Waals surface area contributed by atoms with Crippen molar-refractivity contribution in [3.8, 4) is 0 Å². The molecule has 110 valence electrons. The number of nitrogens with zero attached hydrogens (tertiary/aromatic N) is 2. The largest absolute Gasteiger partial charge is 0.393 e. The Morgan fingerprint density at radius 3 is 2.80 bits per heavy atom. The predicted molar refractivity (Wildman–Crippen MR) is 74.8 cm³/mol. The van der Waals surface area contributed by atoms with Gasteiger partial charge in [0.05, 0.1) is 17.8 Å². The van der Waals surface area contributed by atoms with Crippen LogP contribution in [-0.2, 0) is 11.3 Å². The average Bonchev–Trinajstić information content (AvgIpc) is 3.00. The maximum Gasteiger partial charge on any atom is 0.228 e. The quantitative estimate of drug-likeness (QED) is 0.824. The van der Waals surface area contributed by atoms with Crippen molar-refractivity contribution in [2.45, 2.75) is 57.7 Å². The van der Waals surface area contributed by atoms with E-state index >= 15 is 0 Å². The van der Waals surface area contributed by atoms with Gasteiger partial charge in [-0.2, -0.15) is 0 Å². The molecule has 1 amide bonds. The van der Waals surface area contributed by atoms with Crippen LogP contribution in [0, 0.1) is 11.3 Å². The summed E-state index contributed by atoms with van der Waals surface area (Å²) in [6.07, 6.45) is 9.77. The van der Waals surface area contributed by atoms with E-state index in [0.29, 0.717) is 5.92 Å². The normalized spacial score (nSPS) is 28.5. The first-order valence-electron chi connectivity index (χ1n) is 7.58. The molecule has 0 saturated heterocycles. The molecule has 0 spiro atoms. The smallest absolute Gasteiger partial charge is 0.228 e. The first-order chi connectivity index (χ1) is 9.63. The summed E-state index contributed by atoms with van der Waals surface area (Å²) in [4.78, 5) is 16.6. The van der Waals surface area contributed by atoms with E-state index in [-0.39, 0.29) is 23.5 Å². The fraction of sp³-hybridized carbons (Fsp3) is 0.733. The van der Waals surface area contributed by atoms with Crippen molar-refractivity contribution in [3.63, 3.8) is 0 Å². The van der Waals surface area contributed by atoms with E-state index in [2.05, 4.69) is 17.2 Å². The second kappa shape index (κ2) is 5.20. The molecule has 2 aliphatic rings. The lowest BCUT2D eigenvalue weighted by Crippen LogP contribution is -2.49. The summed E-state index contributed by atoms with van der Waals surface area (Å²) in [6.45, 7) is 2.83. The van der Waals surface area contributed by atoms with Gasteiger partial charge in [-0.1, -0.05) is 6.92 Å². The lowest BCUT2D eigenvalue weighted by atomic mass is 9.76. The zero-order valence-corrected chi connectivity index (χ0v) is 12.0. The molecule has 0 bridgehead atoms. The molecule has 0 aliphatic heterocycles. The fourth-order valence-electron chi connectivity index (χ4n) is 3.17. The van der Waals surface area contributed by atoms with E-state index in [1.165, 1.54) is 0 Å². The van der Waals surface area contributed by atoms with Gasteiger partial charge >= 0.3 is 0 Å². The monoisotopic (exact) mass is 277 g/mol. The number of rotatable bonds is 6. The molecule has 1 aromatic rings. The number of aromatic nitrogens is 2. The van der Waals surface area contributed by atoms with Gasteiger partial charge < -0.3 is 15.0 Å². The molecule has 2 fully saturated rings. The van der Waals surface area contributed by atoms with E-state index < -0.39 is 0 Å². The molecule has 0 radical (unpaired) electrons. The number of carbonyl (C=O) groups is 1. The lowest BCUT2D eigenvalue weighted by Gasteiger charge is -2.38. The molecule has 3 rings (SSSR count). The topological polar surface area (TPSA) is 67.2 Å². The zero-order valence-electron chi connectivity index (χ0n) is 12.0. The molecular weight excluding hydrogens is 254 g/mol. The molecular formula is C15H23N3O2. The number of aliphatic hydroxyl groups excluding tert-OH is 1. The third-order valence-electron chi connectivity index (χ3n) is 4.85. The Morgan fingerprint density at radius 1 is 1.55 bits per heavy atom. The summed E-state index contributed by atoms with van der Waals surface area (Å²) in [5.41, 5.74) is -0.226. The van der Waals surface area contributed by atoms with Crippen molar-refractivity contribution in [1.82, 2.24) is 14.9 Å². The molecule has 2 aliphatic carbocycles. The van der Waals surface area contributed by atoms with E-state index in [1.54, 1.807) is 12.5 Å². The number of hydrogen-bond acceptors (Lipinski definition) is 3. The highest BCUT2D eigenvalue weighted by molar-refractivity contribution is 5.85. The zero-order chi connectivity index (χ0) is 14.2. The number of aliphatic hydroxyl groups is 1. The summed E-state index contributed by atoms with van der Waals surface area (Å²) in [5.74, 6) is 0.627. The number of carbonyl (C=O) groups excluding carboxylic acids is 1. The maximum absolute atomic E-state index is 12.5. The second-order valence-corrected chi connectivity index (χ2v) is 6.39. The first kappa shape index (κ1) is 13.6. The van der Waals surface area contributed by atoms with E-state index in [0.717, 1.165) is 38.6 Å². The predicted octanol–water partition coefficient (Wildman–Crippen LogP) is 1.33. The standard InChI is InChI=1S/C15H23N3O2/c1-2-13(11-7-12(19)8-11)17-14(20)15(3-4-15)9-18-6-5-16-10-18/h5-6,10-13,19H,2-4,7-9H2,1H3,(H,17,20). The Labute approximate surface area is 119 Å². The molecule has 0 aromatic carbocycles. The van der Waals surface area contributed by atoms with Crippen LogP contribution < -0.4 is 5.32 Å². The number of imidazole rings is 1. The van der Waals surface area contributed by atoms with Crippen molar-refractivity contribution in [2.75, 3.05) is 0 Å². The highest BCUT2D eigenvalue weighted by Gasteiger charge is 2.51. The Morgan fingerprint density at radius 2 is 2.30 bits per heavy atom. The fourth-order valence-corrected chi connectivity index (χ4v) is 3.17. The first-order valence-corrected chi connectivity index (χ1v) is 7.58. The summed E-state index contributed by atoms with van der Waals surface area (Å²) in [6, 6.07) is 0.214. The van der Waals surface area contributed by atoms with Crippen LogP contribution >= 0.6 is 0 Å². The highest BCUT2D eigenvalue weighted by atomic mass is 16.3. The van der Waals surface area contributed by atoms with Crippen LogP contribution in [-0.4, -0.2) is 32.7 Å². The average molecular weight is 277 g/mol. The Kier molecular flexibility index (Phi) is 3.54. The van der Waals surface area contributed by atoms with Gasteiger partial charge in [0.25, 0.3) is 0 Å². The minimum Gasteiger partial charge on any atom is -0.393 e. The van der Waals surface area contributed by atoms with Gasteiger partial charge in [0, 0.05) is 25.0 Å². The van der Waals surface area contributed by atoms with Crippen molar-refractivity contribution < 1.29 is 9.90 Å². The van der Waals surface area contributed by atoms with E-state index in [1.807, 2.05) is 10.8 Å². The SMILES string of the molecule is CCC(NC(=O)C1(Cn2ccnc2)CC1)C1CC(O)C1. The summed E-state index contributed by atoms with van der Waals surface area (Å²) < 4.78 is 1.99. The van der Waals surface area contributed by atoms with Crippen LogP contribution in [0.3, 0.4) is 0 Å². The van der Waals surface area contributed by atoms with E-state index in [9.17, 15) is 9.90 Å². The maximum atomic E-state index is 12.5. The van der Waals surface area contributed by atoms with Gasteiger partial charge in [0.2, 0.25) is 5.91 Å². The Bertz CT molecular complexity index is 461. The van der Waals surface area contributed by atoms with Gasteiger partial charge in [0.1, 0.15) is 0 Å². The van der Waals surface area contributed by atoms with Crippen molar-refractivity contribution >= 4 is 5.91 Å². The van der Waals surface area contributed by atoms with Crippen molar-refractivity contribution in [3.05, 3.63) is 18.7 Å². The van der Waals surface area contributed by atoms with Gasteiger partial charge in [-0.15, -0.1) is 0 Å². The highest BCUT2D eigenvalue weighted by Crippen LogP contribution is 2.47. The van der Waals surface area contributed by atoms with Crippen LogP contribution in [0.2, 0.25) is 0 Å². The second-order valence-electron chi connectivity index (χ2n) is 6.39. The summed E-state index contributed by atoms with van der Waals surface area (Å²) in [7, 11) is 0. The molecule has 1 atom stereocenters. The molecule has 2 N–H and O–H groups in total. The Balaban J connectivity index is 1.58. The Hall–Kier alpha value is -1.36. The minimum absolute atomic E-state index is 0.160. The molecule has 1 heterocycles. The van der Waals surface area contributed by atoms with Crippen LogP contribution in [0.1, 0.15) is 39.0 Å². The summed E-state index contributed by atoms with van der Waals surface area (Å²) >= 11 is 0. The number of hydrogen-bond donors (Lipinski definition) is 2. The number of amides is 1. The van der Waals surface area contributed by atoms with Gasteiger partial charge in [-0.05, 0) is 38.0 Å². The minimum atomic E-state index is -0.226. The van der Waals surface area contributed by atoms with Gasteiger partial charge in [-0.25, -0.2) is 4.98 Å². The molecule has 5 nitrogen and oxygen atoms in total. The van der Waals surface area contributed by atoms with Crippen LogP contribution in [0.4, 0.5) is 0 Å². The third kappa shape index (κ3) is 2.59. The van der Waals surface area contributed by atoms with E-state index in [4.69, 9.17) is 0 Å². The molecule has 1 aromatic heterocycles. The number of nitrogens with one attached hydrogen (secondary N) is 1. The molecule has 1 unspecified atom stereocenters.